The maximum atomic E-state index is 12.5. The first kappa shape index (κ1) is 17.5. The van der Waals surface area contributed by atoms with Gasteiger partial charge in [0, 0.05) is 12.3 Å². The van der Waals surface area contributed by atoms with Gasteiger partial charge in [0.05, 0.1) is 38.2 Å². The van der Waals surface area contributed by atoms with E-state index in [0.29, 0.717) is 29.3 Å². The van der Waals surface area contributed by atoms with Crippen LogP contribution in [0.3, 0.4) is 0 Å². The van der Waals surface area contributed by atoms with E-state index in [1.54, 1.807) is 42.4 Å². The number of methoxy groups -OCH3 is 2. The molecule has 1 aromatic heterocycles. The van der Waals surface area contributed by atoms with Crippen LogP contribution in [-0.2, 0) is 6.54 Å². The molecular weight excluding hydrogens is 330 g/mol. The Labute approximate surface area is 152 Å². The molecule has 0 fully saturated rings. The SMILES string of the molecule is COc1ccc(C(=O)Nc2cnn(Cc3ccccc3C)c2)c(OC)c1. The highest BCUT2D eigenvalue weighted by molar-refractivity contribution is 6.06. The summed E-state index contributed by atoms with van der Waals surface area (Å²) in [4.78, 5) is 12.5. The summed E-state index contributed by atoms with van der Waals surface area (Å²) in [6.07, 6.45) is 3.44. The molecule has 6 heteroatoms. The molecule has 1 amide bonds. The first-order chi connectivity index (χ1) is 12.6. The Morgan fingerprint density at radius 3 is 2.69 bits per heavy atom. The number of rotatable bonds is 6. The number of nitrogens with one attached hydrogen (secondary N) is 1. The Morgan fingerprint density at radius 2 is 1.96 bits per heavy atom. The molecule has 0 bridgehead atoms. The molecule has 0 aliphatic heterocycles. The predicted molar refractivity (Wildman–Crippen MR) is 100 cm³/mol. The van der Waals surface area contributed by atoms with Gasteiger partial charge in [-0.1, -0.05) is 24.3 Å². The summed E-state index contributed by atoms with van der Waals surface area (Å²) >= 11 is 0. The average Bonchev–Trinajstić information content (AvgIpc) is 3.09. The number of anilines is 1. The van der Waals surface area contributed by atoms with Gasteiger partial charge in [-0.05, 0) is 30.2 Å². The van der Waals surface area contributed by atoms with Crippen LogP contribution in [0.1, 0.15) is 21.5 Å². The summed E-state index contributed by atoms with van der Waals surface area (Å²) in [5, 5.41) is 7.17. The fourth-order valence-electron chi connectivity index (χ4n) is 2.66. The second kappa shape index (κ2) is 7.74. The Balaban J connectivity index is 1.73. The van der Waals surface area contributed by atoms with E-state index in [0.717, 1.165) is 0 Å². The number of hydrogen-bond acceptors (Lipinski definition) is 4. The fraction of sp³-hybridized carbons (Fsp3) is 0.200. The largest absolute Gasteiger partial charge is 0.497 e. The first-order valence-corrected chi connectivity index (χ1v) is 8.21. The zero-order valence-electron chi connectivity index (χ0n) is 15.0. The number of aryl methyl sites for hydroxylation is 1. The third-order valence-electron chi connectivity index (χ3n) is 4.14. The summed E-state index contributed by atoms with van der Waals surface area (Å²) in [5.41, 5.74) is 3.45. The summed E-state index contributed by atoms with van der Waals surface area (Å²) in [6, 6.07) is 13.2. The lowest BCUT2D eigenvalue weighted by atomic mass is 10.1. The lowest BCUT2D eigenvalue weighted by Gasteiger charge is -2.10. The number of benzene rings is 2. The number of ether oxygens (including phenoxy) is 2. The van der Waals surface area contributed by atoms with Crippen molar-refractivity contribution in [2.45, 2.75) is 13.5 Å². The zero-order valence-corrected chi connectivity index (χ0v) is 15.0. The van der Waals surface area contributed by atoms with Crippen molar-refractivity contribution in [3.05, 3.63) is 71.5 Å². The van der Waals surface area contributed by atoms with Gasteiger partial charge in [-0.3, -0.25) is 9.48 Å². The van der Waals surface area contributed by atoms with Crippen LogP contribution in [0.4, 0.5) is 5.69 Å². The molecule has 0 saturated carbocycles. The molecular formula is C20H21N3O3. The first-order valence-electron chi connectivity index (χ1n) is 8.21. The minimum atomic E-state index is -0.264. The fourth-order valence-corrected chi connectivity index (χ4v) is 2.66. The Kier molecular flexibility index (Phi) is 5.22. The molecule has 0 spiro atoms. The van der Waals surface area contributed by atoms with Crippen molar-refractivity contribution in [3.63, 3.8) is 0 Å². The minimum absolute atomic E-state index is 0.264. The molecule has 134 valence electrons. The van der Waals surface area contributed by atoms with Gasteiger partial charge in [-0.2, -0.15) is 5.10 Å². The second-order valence-corrected chi connectivity index (χ2v) is 5.87. The van der Waals surface area contributed by atoms with Crippen LogP contribution in [0.25, 0.3) is 0 Å². The molecule has 26 heavy (non-hydrogen) atoms. The Hall–Kier alpha value is -3.28. The maximum Gasteiger partial charge on any atom is 0.259 e. The highest BCUT2D eigenvalue weighted by atomic mass is 16.5. The van der Waals surface area contributed by atoms with E-state index in [2.05, 4.69) is 29.5 Å². The molecule has 0 aliphatic rings. The van der Waals surface area contributed by atoms with Gasteiger partial charge in [-0.15, -0.1) is 0 Å². The Bertz CT molecular complexity index is 918. The van der Waals surface area contributed by atoms with E-state index in [1.807, 2.05) is 12.1 Å². The number of carbonyl (C=O) groups is 1. The summed E-state index contributed by atoms with van der Waals surface area (Å²) in [7, 11) is 3.09. The molecule has 0 saturated heterocycles. The highest BCUT2D eigenvalue weighted by Crippen LogP contribution is 2.25. The zero-order chi connectivity index (χ0) is 18.5. The highest BCUT2D eigenvalue weighted by Gasteiger charge is 2.14. The van der Waals surface area contributed by atoms with Crippen molar-refractivity contribution >= 4 is 11.6 Å². The third-order valence-corrected chi connectivity index (χ3v) is 4.14. The quantitative estimate of drug-likeness (QED) is 0.738. The summed E-state index contributed by atoms with van der Waals surface area (Å²) in [6.45, 7) is 2.71. The van der Waals surface area contributed by atoms with Crippen LogP contribution in [0.5, 0.6) is 11.5 Å². The second-order valence-electron chi connectivity index (χ2n) is 5.87. The van der Waals surface area contributed by atoms with Gasteiger partial charge in [-0.25, -0.2) is 0 Å². The minimum Gasteiger partial charge on any atom is -0.497 e. The van der Waals surface area contributed by atoms with Crippen LogP contribution in [-0.4, -0.2) is 29.9 Å². The van der Waals surface area contributed by atoms with E-state index in [4.69, 9.17) is 9.47 Å². The monoisotopic (exact) mass is 351 g/mol. The van der Waals surface area contributed by atoms with Gasteiger partial charge in [0.25, 0.3) is 5.91 Å². The number of amides is 1. The molecule has 0 aliphatic carbocycles. The predicted octanol–water partition coefficient (Wildman–Crippen LogP) is 3.51. The van der Waals surface area contributed by atoms with Gasteiger partial charge >= 0.3 is 0 Å². The maximum absolute atomic E-state index is 12.5. The van der Waals surface area contributed by atoms with E-state index >= 15 is 0 Å². The lowest BCUT2D eigenvalue weighted by molar-refractivity contribution is 0.102. The van der Waals surface area contributed by atoms with Crippen molar-refractivity contribution in [1.82, 2.24) is 9.78 Å². The lowest BCUT2D eigenvalue weighted by Crippen LogP contribution is -2.13. The smallest absolute Gasteiger partial charge is 0.259 e. The normalized spacial score (nSPS) is 10.4. The summed E-state index contributed by atoms with van der Waals surface area (Å²) < 4.78 is 12.2. The van der Waals surface area contributed by atoms with Crippen molar-refractivity contribution in [3.8, 4) is 11.5 Å². The molecule has 2 aromatic carbocycles. The molecule has 3 aromatic rings. The topological polar surface area (TPSA) is 65.4 Å². The van der Waals surface area contributed by atoms with Gasteiger partial charge in [0.15, 0.2) is 0 Å². The van der Waals surface area contributed by atoms with E-state index in [-0.39, 0.29) is 5.91 Å². The van der Waals surface area contributed by atoms with Gasteiger partial charge in [0.2, 0.25) is 0 Å². The van der Waals surface area contributed by atoms with Crippen LogP contribution in [0.2, 0.25) is 0 Å². The summed E-state index contributed by atoms with van der Waals surface area (Å²) in [5.74, 6) is 0.818. The van der Waals surface area contributed by atoms with E-state index < -0.39 is 0 Å². The van der Waals surface area contributed by atoms with Gasteiger partial charge < -0.3 is 14.8 Å². The molecule has 0 radical (unpaired) electrons. The molecule has 0 atom stereocenters. The molecule has 1 heterocycles. The van der Waals surface area contributed by atoms with Crippen molar-refractivity contribution < 1.29 is 14.3 Å². The molecule has 1 N–H and O–H groups in total. The average molecular weight is 351 g/mol. The third kappa shape index (κ3) is 3.85. The number of hydrogen-bond donors (Lipinski definition) is 1. The van der Waals surface area contributed by atoms with Crippen molar-refractivity contribution in [2.75, 3.05) is 19.5 Å². The number of aromatic nitrogens is 2. The molecule has 6 nitrogen and oxygen atoms in total. The van der Waals surface area contributed by atoms with Crippen molar-refractivity contribution in [1.29, 1.82) is 0 Å². The standard InChI is InChI=1S/C20H21N3O3/c1-14-6-4-5-7-15(14)12-23-13-16(11-21-23)22-20(24)18-9-8-17(25-2)10-19(18)26-3/h4-11,13H,12H2,1-3H3,(H,22,24). The van der Waals surface area contributed by atoms with Crippen LogP contribution >= 0.6 is 0 Å². The van der Waals surface area contributed by atoms with Crippen LogP contribution in [0, 0.1) is 6.92 Å². The van der Waals surface area contributed by atoms with Crippen LogP contribution in [0.15, 0.2) is 54.9 Å². The Morgan fingerprint density at radius 1 is 1.15 bits per heavy atom. The molecule has 0 unspecified atom stereocenters. The van der Waals surface area contributed by atoms with Crippen LogP contribution < -0.4 is 14.8 Å². The number of nitrogens with zero attached hydrogens (tertiary/aromatic N) is 2. The molecule has 3 rings (SSSR count). The number of carbonyl (C=O) groups excluding carboxylic acids is 1. The van der Waals surface area contributed by atoms with Gasteiger partial charge in [0.1, 0.15) is 11.5 Å². The van der Waals surface area contributed by atoms with E-state index in [9.17, 15) is 4.79 Å². The van der Waals surface area contributed by atoms with E-state index in [1.165, 1.54) is 18.2 Å². The van der Waals surface area contributed by atoms with Crippen molar-refractivity contribution in [2.24, 2.45) is 0 Å².